The van der Waals surface area contributed by atoms with Crippen LogP contribution in [0.15, 0.2) is 41.2 Å². The van der Waals surface area contributed by atoms with Gasteiger partial charge in [-0.05, 0) is 24.1 Å². The maximum atomic E-state index is 12.8. The highest BCUT2D eigenvalue weighted by molar-refractivity contribution is 5.80. The topological polar surface area (TPSA) is 64.4 Å². The molecule has 2 aliphatic rings. The fraction of sp³-hybridized carbons (Fsp3) is 0.500. The van der Waals surface area contributed by atoms with Crippen molar-refractivity contribution in [3.63, 3.8) is 0 Å². The first-order valence-corrected chi connectivity index (χ1v) is 9.89. The summed E-state index contributed by atoms with van der Waals surface area (Å²) in [4.78, 5) is 26.8. The van der Waals surface area contributed by atoms with Crippen molar-refractivity contribution in [1.29, 1.82) is 0 Å². The first-order valence-electron chi connectivity index (χ1n) is 9.89. The summed E-state index contributed by atoms with van der Waals surface area (Å²) in [5.41, 5.74) is 1.81. The van der Waals surface area contributed by atoms with Crippen LogP contribution >= 0.6 is 0 Å². The van der Waals surface area contributed by atoms with Gasteiger partial charge in [0.2, 0.25) is 5.91 Å². The molecule has 0 radical (unpaired) electrons. The third-order valence-corrected chi connectivity index (χ3v) is 5.56. The van der Waals surface area contributed by atoms with Crippen LogP contribution in [0.5, 0.6) is 5.75 Å². The average molecular weight is 381 g/mol. The molecule has 0 aliphatic carbocycles. The fourth-order valence-corrected chi connectivity index (χ4v) is 3.83. The number of benzene rings is 1. The van der Waals surface area contributed by atoms with E-state index in [0.29, 0.717) is 26.2 Å². The van der Waals surface area contributed by atoms with Crippen molar-refractivity contribution in [1.82, 2.24) is 14.7 Å². The van der Waals surface area contributed by atoms with Crippen LogP contribution in [-0.2, 0) is 23.2 Å². The first kappa shape index (κ1) is 18.7. The van der Waals surface area contributed by atoms with Gasteiger partial charge in [-0.2, -0.15) is 5.10 Å². The number of hydrogen-bond donors (Lipinski definition) is 0. The summed E-state index contributed by atoms with van der Waals surface area (Å²) in [5, 5.41) is 4.53. The summed E-state index contributed by atoms with van der Waals surface area (Å²) < 4.78 is 7.30. The highest BCUT2D eigenvalue weighted by atomic mass is 16.5. The molecule has 1 atom stereocenters. The summed E-state index contributed by atoms with van der Waals surface area (Å²) >= 11 is 0. The van der Waals surface area contributed by atoms with Gasteiger partial charge in [0, 0.05) is 30.5 Å². The zero-order valence-electron chi connectivity index (χ0n) is 16.7. The minimum atomic E-state index is -0.124. The summed E-state index contributed by atoms with van der Waals surface area (Å²) in [6.45, 7) is 8.58. The molecule has 1 saturated heterocycles. The zero-order chi connectivity index (χ0) is 19.9. The lowest BCUT2D eigenvalue weighted by atomic mass is 9.91. The Balaban J connectivity index is 1.35. The second-order valence-electron chi connectivity index (χ2n) is 8.92. The lowest BCUT2D eigenvalue weighted by Crippen LogP contribution is -2.55. The van der Waals surface area contributed by atoms with Crippen LogP contribution in [0, 0.1) is 11.8 Å². The van der Waals surface area contributed by atoms with E-state index in [9.17, 15) is 9.59 Å². The summed E-state index contributed by atoms with van der Waals surface area (Å²) in [6.07, 6.45) is 0.727. The van der Waals surface area contributed by atoms with Crippen molar-refractivity contribution in [2.45, 2.75) is 39.2 Å². The Labute approximate surface area is 165 Å². The predicted octanol–water partition coefficient (Wildman–Crippen LogP) is 2.25. The van der Waals surface area contributed by atoms with Crippen LogP contribution < -0.4 is 10.3 Å². The molecule has 0 spiro atoms. The molecule has 148 valence electrons. The number of fused-ring (bicyclic) bond motifs is 1. The maximum absolute atomic E-state index is 12.8. The summed E-state index contributed by atoms with van der Waals surface area (Å²) in [7, 11) is 0. The largest absolute Gasteiger partial charge is 0.492 e. The van der Waals surface area contributed by atoms with Gasteiger partial charge in [0.15, 0.2) is 0 Å². The number of nitrogens with zero attached hydrogens (tertiary/aromatic N) is 3. The molecular formula is C22H27N3O3. The van der Waals surface area contributed by atoms with E-state index in [-0.39, 0.29) is 28.7 Å². The normalized spacial score (nSPS) is 19.5. The van der Waals surface area contributed by atoms with E-state index in [2.05, 4.69) is 25.9 Å². The third-order valence-electron chi connectivity index (χ3n) is 5.56. The van der Waals surface area contributed by atoms with E-state index < -0.39 is 0 Å². The minimum absolute atomic E-state index is 0.0879. The molecule has 0 N–H and O–H groups in total. The Kier molecular flexibility index (Phi) is 4.73. The van der Waals surface area contributed by atoms with Gasteiger partial charge in [-0.25, -0.2) is 4.68 Å². The quantitative estimate of drug-likeness (QED) is 0.818. The zero-order valence-corrected chi connectivity index (χ0v) is 16.7. The van der Waals surface area contributed by atoms with Crippen molar-refractivity contribution in [3.8, 4) is 5.75 Å². The fourth-order valence-electron chi connectivity index (χ4n) is 3.83. The molecule has 2 aliphatic heterocycles. The van der Waals surface area contributed by atoms with Crippen molar-refractivity contribution in [2.75, 3.05) is 19.7 Å². The van der Waals surface area contributed by atoms with Gasteiger partial charge < -0.3 is 9.64 Å². The van der Waals surface area contributed by atoms with E-state index in [1.807, 2.05) is 29.2 Å². The highest BCUT2D eigenvalue weighted by Gasteiger charge is 2.36. The molecule has 1 fully saturated rings. The molecule has 4 rings (SSSR count). The van der Waals surface area contributed by atoms with Gasteiger partial charge in [0.1, 0.15) is 12.4 Å². The number of para-hydroxylation sites is 1. The summed E-state index contributed by atoms with van der Waals surface area (Å²) in [6, 6.07) is 11.3. The number of rotatable bonds is 3. The van der Waals surface area contributed by atoms with Crippen LogP contribution in [-0.4, -0.2) is 40.3 Å². The molecule has 1 aromatic heterocycles. The van der Waals surface area contributed by atoms with E-state index in [1.165, 1.54) is 0 Å². The number of carbonyl (C=O) groups excluding carboxylic acids is 1. The Bertz CT molecular complexity index is 939. The maximum Gasteiger partial charge on any atom is 0.266 e. The van der Waals surface area contributed by atoms with Crippen LogP contribution in [0.25, 0.3) is 0 Å². The molecule has 3 heterocycles. The lowest BCUT2D eigenvalue weighted by molar-refractivity contribution is -0.143. The van der Waals surface area contributed by atoms with Crippen molar-refractivity contribution >= 4 is 5.91 Å². The molecule has 6 nitrogen and oxygen atoms in total. The molecule has 1 unspecified atom stereocenters. The molecule has 0 saturated carbocycles. The molecule has 6 heteroatoms. The van der Waals surface area contributed by atoms with Gasteiger partial charge in [-0.3, -0.25) is 9.59 Å². The Hall–Kier alpha value is -2.63. The van der Waals surface area contributed by atoms with Gasteiger partial charge >= 0.3 is 0 Å². The third kappa shape index (κ3) is 3.68. The van der Waals surface area contributed by atoms with Crippen LogP contribution in [0.3, 0.4) is 0 Å². The van der Waals surface area contributed by atoms with E-state index in [4.69, 9.17) is 4.74 Å². The van der Waals surface area contributed by atoms with Crippen molar-refractivity contribution in [3.05, 3.63) is 58.0 Å². The number of hydrogen-bond acceptors (Lipinski definition) is 4. The minimum Gasteiger partial charge on any atom is -0.492 e. The molecule has 28 heavy (non-hydrogen) atoms. The number of amides is 1. The Morgan fingerprint density at radius 1 is 1.18 bits per heavy atom. The Morgan fingerprint density at radius 3 is 2.68 bits per heavy atom. The highest BCUT2D eigenvalue weighted by Crippen LogP contribution is 2.29. The summed E-state index contributed by atoms with van der Waals surface area (Å²) in [5.74, 6) is 1.17. The van der Waals surface area contributed by atoms with E-state index >= 15 is 0 Å². The van der Waals surface area contributed by atoms with Gasteiger partial charge in [-0.15, -0.1) is 0 Å². The SMILES string of the molecule is CC(C)(C)c1ccc(=O)n(CC2CN(C(=O)C3COc4ccccc4C3)C2)n1. The van der Waals surface area contributed by atoms with Crippen molar-refractivity contribution < 1.29 is 9.53 Å². The van der Waals surface area contributed by atoms with E-state index in [1.54, 1.807) is 16.8 Å². The van der Waals surface area contributed by atoms with Crippen LogP contribution in [0.1, 0.15) is 32.0 Å². The number of likely N-dealkylation sites (tertiary alicyclic amines) is 1. The van der Waals surface area contributed by atoms with Crippen molar-refractivity contribution in [2.24, 2.45) is 11.8 Å². The van der Waals surface area contributed by atoms with Crippen LogP contribution in [0.2, 0.25) is 0 Å². The molecule has 1 aromatic carbocycles. The monoisotopic (exact) mass is 381 g/mol. The standard InChI is InChI=1S/C22H27N3O3/c1-22(2,3)19-8-9-20(26)25(23-19)13-15-11-24(12-15)21(27)17-10-16-6-4-5-7-18(16)28-14-17/h4-9,15,17H,10-14H2,1-3H3. The number of ether oxygens (including phenoxy) is 1. The predicted molar refractivity (Wildman–Crippen MR) is 106 cm³/mol. The second kappa shape index (κ2) is 7.08. The van der Waals surface area contributed by atoms with Crippen LogP contribution in [0.4, 0.5) is 0 Å². The van der Waals surface area contributed by atoms with Gasteiger partial charge in [0.05, 0.1) is 18.2 Å². The average Bonchev–Trinajstić information content (AvgIpc) is 2.63. The molecule has 1 amide bonds. The number of carbonyl (C=O) groups is 1. The smallest absolute Gasteiger partial charge is 0.266 e. The lowest BCUT2D eigenvalue weighted by Gasteiger charge is -2.41. The van der Waals surface area contributed by atoms with Gasteiger partial charge in [0.25, 0.3) is 5.56 Å². The molecular weight excluding hydrogens is 354 g/mol. The molecule has 0 bridgehead atoms. The first-order chi connectivity index (χ1) is 13.3. The van der Waals surface area contributed by atoms with Gasteiger partial charge in [-0.1, -0.05) is 39.0 Å². The van der Waals surface area contributed by atoms with E-state index in [0.717, 1.165) is 23.4 Å². The Morgan fingerprint density at radius 2 is 1.93 bits per heavy atom. The molecule has 2 aromatic rings. The number of aromatic nitrogens is 2. The second-order valence-corrected chi connectivity index (χ2v) is 8.92.